The predicted octanol–water partition coefficient (Wildman–Crippen LogP) is 2.33. The summed E-state index contributed by atoms with van der Waals surface area (Å²) >= 11 is 0. The quantitative estimate of drug-likeness (QED) is 0.675. The Bertz CT molecular complexity index is 254. The highest BCUT2D eigenvalue weighted by Crippen LogP contribution is 2.53. The molecule has 3 aliphatic carbocycles. The van der Waals surface area contributed by atoms with Crippen LogP contribution < -0.4 is 0 Å². The van der Waals surface area contributed by atoms with E-state index in [0.717, 1.165) is 45.0 Å². The number of carbonyl (C=O) groups is 1. The topological polar surface area (TPSA) is 35.5 Å². The second kappa shape index (κ2) is 4.46. The van der Waals surface area contributed by atoms with Crippen molar-refractivity contribution in [2.45, 2.75) is 57.2 Å². The van der Waals surface area contributed by atoms with Gasteiger partial charge in [0.15, 0.2) is 0 Å². The summed E-state index contributed by atoms with van der Waals surface area (Å²) in [6.45, 7) is 5.48. The van der Waals surface area contributed by atoms with Crippen LogP contribution in [-0.2, 0) is 14.3 Å². The standard InChI is InChI=1S/C13H22O3/c1-3-15-12-5-7-13(8-6-12,16-4-2)11(9-12)10-14/h10-11H,3-9H2,1-2H3. The smallest absolute Gasteiger partial charge is 0.126 e. The second-order valence-electron chi connectivity index (χ2n) is 5.06. The zero-order valence-corrected chi connectivity index (χ0v) is 10.3. The second-order valence-corrected chi connectivity index (χ2v) is 5.06. The van der Waals surface area contributed by atoms with Gasteiger partial charge in [-0.25, -0.2) is 0 Å². The summed E-state index contributed by atoms with van der Waals surface area (Å²) in [6.07, 6.45) is 5.98. The zero-order chi connectivity index (χ0) is 11.6. The molecule has 0 aromatic heterocycles. The van der Waals surface area contributed by atoms with Crippen LogP contribution in [0, 0.1) is 5.92 Å². The van der Waals surface area contributed by atoms with E-state index >= 15 is 0 Å². The lowest BCUT2D eigenvalue weighted by Crippen LogP contribution is -2.58. The van der Waals surface area contributed by atoms with Crippen LogP contribution in [0.2, 0.25) is 0 Å². The Morgan fingerprint density at radius 3 is 2.25 bits per heavy atom. The van der Waals surface area contributed by atoms with E-state index < -0.39 is 0 Å². The number of aldehydes is 1. The highest BCUT2D eigenvalue weighted by atomic mass is 16.5. The van der Waals surface area contributed by atoms with Gasteiger partial charge in [0, 0.05) is 19.1 Å². The van der Waals surface area contributed by atoms with E-state index in [2.05, 4.69) is 0 Å². The number of carbonyl (C=O) groups excluding carboxylic acids is 1. The van der Waals surface area contributed by atoms with Crippen LogP contribution in [0.15, 0.2) is 0 Å². The van der Waals surface area contributed by atoms with E-state index in [-0.39, 0.29) is 17.1 Å². The maximum atomic E-state index is 11.2. The lowest BCUT2D eigenvalue weighted by Gasteiger charge is -2.55. The Balaban J connectivity index is 2.15. The molecule has 0 N–H and O–H groups in total. The summed E-state index contributed by atoms with van der Waals surface area (Å²) in [5.41, 5.74) is -0.200. The van der Waals surface area contributed by atoms with Gasteiger partial charge >= 0.3 is 0 Å². The number of fused-ring (bicyclic) bond motifs is 3. The van der Waals surface area contributed by atoms with Crippen molar-refractivity contribution in [1.29, 1.82) is 0 Å². The van der Waals surface area contributed by atoms with Gasteiger partial charge in [0.2, 0.25) is 0 Å². The van der Waals surface area contributed by atoms with Gasteiger partial charge in [0.05, 0.1) is 11.2 Å². The molecule has 92 valence electrons. The number of hydrogen-bond acceptors (Lipinski definition) is 3. The fourth-order valence-corrected chi connectivity index (χ4v) is 3.51. The van der Waals surface area contributed by atoms with Crippen LogP contribution in [0.5, 0.6) is 0 Å². The third kappa shape index (κ3) is 1.80. The van der Waals surface area contributed by atoms with Gasteiger partial charge in [0.25, 0.3) is 0 Å². The Morgan fingerprint density at radius 2 is 1.75 bits per heavy atom. The molecule has 1 unspecified atom stereocenters. The van der Waals surface area contributed by atoms with E-state index in [1.807, 2.05) is 13.8 Å². The third-order valence-corrected chi connectivity index (χ3v) is 4.32. The van der Waals surface area contributed by atoms with Crippen LogP contribution in [0.1, 0.15) is 46.0 Å². The molecule has 0 aromatic carbocycles. The molecule has 3 fully saturated rings. The minimum absolute atomic E-state index is 0.0286. The molecule has 0 aliphatic heterocycles. The van der Waals surface area contributed by atoms with Crippen LogP contribution in [0.4, 0.5) is 0 Å². The lowest BCUT2D eigenvalue weighted by molar-refractivity contribution is -0.209. The molecular weight excluding hydrogens is 204 g/mol. The Kier molecular flexibility index (Phi) is 3.36. The normalized spacial score (nSPS) is 42.2. The van der Waals surface area contributed by atoms with Crippen molar-refractivity contribution in [3.8, 4) is 0 Å². The number of hydrogen-bond donors (Lipinski definition) is 0. The summed E-state index contributed by atoms with van der Waals surface area (Å²) in [5, 5.41) is 0. The Hall–Kier alpha value is -0.410. The van der Waals surface area contributed by atoms with Crippen LogP contribution >= 0.6 is 0 Å². The van der Waals surface area contributed by atoms with Crippen molar-refractivity contribution < 1.29 is 14.3 Å². The first-order valence-electron chi connectivity index (χ1n) is 6.43. The number of ether oxygens (including phenoxy) is 2. The first-order chi connectivity index (χ1) is 7.70. The average molecular weight is 226 g/mol. The summed E-state index contributed by atoms with van der Waals surface area (Å²) in [7, 11) is 0. The fraction of sp³-hybridized carbons (Fsp3) is 0.923. The summed E-state index contributed by atoms with van der Waals surface area (Å²) in [4.78, 5) is 11.2. The minimum atomic E-state index is -0.171. The molecule has 3 saturated carbocycles. The molecule has 1 atom stereocenters. The molecule has 0 heterocycles. The highest BCUT2D eigenvalue weighted by molar-refractivity contribution is 5.57. The fourth-order valence-electron chi connectivity index (χ4n) is 3.51. The maximum Gasteiger partial charge on any atom is 0.126 e. The van der Waals surface area contributed by atoms with Crippen LogP contribution in [0.3, 0.4) is 0 Å². The van der Waals surface area contributed by atoms with Crippen molar-refractivity contribution in [1.82, 2.24) is 0 Å². The Labute approximate surface area is 97.5 Å². The molecular formula is C13H22O3. The molecule has 0 spiro atoms. The van der Waals surface area contributed by atoms with Crippen molar-refractivity contribution in [2.75, 3.05) is 13.2 Å². The molecule has 3 aliphatic rings. The third-order valence-electron chi connectivity index (χ3n) is 4.32. The minimum Gasteiger partial charge on any atom is -0.375 e. The van der Waals surface area contributed by atoms with Crippen molar-refractivity contribution in [3.05, 3.63) is 0 Å². The molecule has 2 bridgehead atoms. The molecule has 0 saturated heterocycles. The summed E-state index contributed by atoms with van der Waals surface area (Å²) in [6, 6.07) is 0. The van der Waals surface area contributed by atoms with Gasteiger partial charge in [-0.15, -0.1) is 0 Å². The lowest BCUT2D eigenvalue weighted by atomic mass is 9.59. The summed E-state index contributed by atoms with van der Waals surface area (Å²) in [5.74, 6) is 0.0292. The van der Waals surface area contributed by atoms with E-state index in [1.54, 1.807) is 0 Å². The van der Waals surface area contributed by atoms with Gasteiger partial charge in [-0.1, -0.05) is 0 Å². The molecule has 3 heteroatoms. The molecule has 3 nitrogen and oxygen atoms in total. The van der Waals surface area contributed by atoms with Crippen molar-refractivity contribution in [2.24, 2.45) is 5.92 Å². The average Bonchev–Trinajstić information content (AvgIpc) is 2.31. The van der Waals surface area contributed by atoms with Gasteiger partial charge in [-0.05, 0) is 46.0 Å². The first kappa shape index (κ1) is 12.1. The number of rotatable bonds is 5. The largest absolute Gasteiger partial charge is 0.375 e. The van der Waals surface area contributed by atoms with Gasteiger partial charge in [-0.3, -0.25) is 0 Å². The van der Waals surface area contributed by atoms with Gasteiger partial charge < -0.3 is 14.3 Å². The van der Waals surface area contributed by atoms with E-state index in [1.165, 1.54) is 0 Å². The Morgan fingerprint density at radius 1 is 1.12 bits per heavy atom. The SMILES string of the molecule is CCOC12CCC(OCC)(CC1)C(C=O)C2. The van der Waals surface area contributed by atoms with Gasteiger partial charge in [0.1, 0.15) is 6.29 Å². The molecule has 0 amide bonds. The highest BCUT2D eigenvalue weighted by Gasteiger charge is 2.55. The molecule has 0 radical (unpaired) electrons. The van der Waals surface area contributed by atoms with Crippen LogP contribution in [0.25, 0.3) is 0 Å². The molecule has 3 rings (SSSR count). The van der Waals surface area contributed by atoms with Crippen molar-refractivity contribution >= 4 is 6.29 Å². The van der Waals surface area contributed by atoms with E-state index in [9.17, 15) is 4.79 Å². The van der Waals surface area contributed by atoms with E-state index in [0.29, 0.717) is 6.61 Å². The molecule has 0 aromatic rings. The van der Waals surface area contributed by atoms with Crippen LogP contribution in [-0.4, -0.2) is 30.7 Å². The predicted molar refractivity (Wildman–Crippen MR) is 61.4 cm³/mol. The monoisotopic (exact) mass is 226 g/mol. The van der Waals surface area contributed by atoms with Crippen molar-refractivity contribution in [3.63, 3.8) is 0 Å². The molecule has 16 heavy (non-hydrogen) atoms. The van der Waals surface area contributed by atoms with Gasteiger partial charge in [-0.2, -0.15) is 0 Å². The maximum absolute atomic E-state index is 11.2. The zero-order valence-electron chi connectivity index (χ0n) is 10.3. The first-order valence-corrected chi connectivity index (χ1v) is 6.43. The summed E-state index contributed by atoms with van der Waals surface area (Å²) < 4.78 is 11.8. The van der Waals surface area contributed by atoms with E-state index in [4.69, 9.17) is 9.47 Å².